The lowest BCUT2D eigenvalue weighted by molar-refractivity contribution is 0.0857. The number of hydrogen-bond acceptors (Lipinski definition) is 4. The number of rotatable bonds is 6. The van der Waals surface area contributed by atoms with Gasteiger partial charge >= 0.3 is 0 Å². The van der Waals surface area contributed by atoms with Crippen molar-refractivity contribution in [3.05, 3.63) is 23.8 Å². The molecule has 0 unspecified atom stereocenters. The van der Waals surface area contributed by atoms with Crippen molar-refractivity contribution in [2.75, 3.05) is 13.2 Å². The highest BCUT2D eigenvalue weighted by Gasteiger charge is 2.20. The fourth-order valence-corrected chi connectivity index (χ4v) is 2.75. The van der Waals surface area contributed by atoms with E-state index < -0.39 is 15.6 Å². The molecular formula is C13H21NO4S. The molecule has 0 bridgehead atoms. The molecule has 1 aromatic carbocycles. The van der Waals surface area contributed by atoms with Gasteiger partial charge in [0.1, 0.15) is 5.75 Å². The quantitative estimate of drug-likeness (QED) is 0.830. The van der Waals surface area contributed by atoms with Crippen LogP contribution in [0.15, 0.2) is 23.1 Å². The van der Waals surface area contributed by atoms with Crippen molar-refractivity contribution in [2.45, 2.75) is 38.2 Å². The van der Waals surface area contributed by atoms with E-state index in [-0.39, 0.29) is 11.4 Å². The minimum Gasteiger partial charge on any atom is -0.494 e. The maximum absolute atomic E-state index is 12.0. The van der Waals surface area contributed by atoms with Crippen molar-refractivity contribution >= 4 is 10.0 Å². The van der Waals surface area contributed by atoms with Crippen molar-refractivity contribution in [1.29, 1.82) is 0 Å². The van der Waals surface area contributed by atoms with E-state index >= 15 is 0 Å². The van der Waals surface area contributed by atoms with Crippen LogP contribution < -0.4 is 9.46 Å². The molecule has 108 valence electrons. The predicted molar refractivity (Wildman–Crippen MR) is 73.8 cm³/mol. The van der Waals surface area contributed by atoms with Crippen LogP contribution in [0, 0.1) is 6.92 Å². The van der Waals surface area contributed by atoms with Crippen LogP contribution in [0.4, 0.5) is 0 Å². The summed E-state index contributed by atoms with van der Waals surface area (Å²) in [5.74, 6) is 0.670. The van der Waals surface area contributed by atoms with Gasteiger partial charge in [0, 0.05) is 6.54 Å². The molecule has 0 saturated heterocycles. The van der Waals surface area contributed by atoms with Crippen LogP contribution in [-0.4, -0.2) is 32.3 Å². The standard InChI is InChI=1S/C13H21NO4S/c1-5-18-12-7-6-11(8-10(12)2)19(16,17)14-9-13(3,4)15/h6-8,14-15H,5,9H2,1-4H3. The number of sulfonamides is 1. The fraction of sp³-hybridized carbons (Fsp3) is 0.538. The molecule has 2 N–H and O–H groups in total. The van der Waals surface area contributed by atoms with E-state index in [4.69, 9.17) is 4.74 Å². The van der Waals surface area contributed by atoms with Crippen LogP contribution in [0.3, 0.4) is 0 Å². The number of aliphatic hydroxyl groups is 1. The van der Waals surface area contributed by atoms with Gasteiger partial charge in [-0.2, -0.15) is 0 Å². The number of hydrogen-bond donors (Lipinski definition) is 2. The van der Waals surface area contributed by atoms with Gasteiger partial charge < -0.3 is 9.84 Å². The van der Waals surface area contributed by atoms with Crippen LogP contribution >= 0.6 is 0 Å². The Kier molecular flexibility index (Phi) is 4.95. The molecule has 0 aliphatic rings. The smallest absolute Gasteiger partial charge is 0.240 e. The molecular weight excluding hydrogens is 266 g/mol. The van der Waals surface area contributed by atoms with Crippen LogP contribution in [0.5, 0.6) is 5.75 Å². The lowest BCUT2D eigenvalue weighted by Crippen LogP contribution is -2.38. The maximum Gasteiger partial charge on any atom is 0.240 e. The molecule has 0 atom stereocenters. The summed E-state index contributed by atoms with van der Waals surface area (Å²) in [5, 5.41) is 9.55. The van der Waals surface area contributed by atoms with Gasteiger partial charge in [0.15, 0.2) is 0 Å². The minimum absolute atomic E-state index is 0.0401. The molecule has 0 aliphatic heterocycles. The first kappa shape index (κ1) is 15.9. The summed E-state index contributed by atoms with van der Waals surface area (Å²) in [5.41, 5.74) is -0.333. The van der Waals surface area contributed by atoms with E-state index in [1.807, 2.05) is 6.92 Å². The van der Waals surface area contributed by atoms with Gasteiger partial charge in [-0.05, 0) is 51.5 Å². The number of ether oxygens (including phenoxy) is 1. The van der Waals surface area contributed by atoms with Gasteiger partial charge in [0.25, 0.3) is 0 Å². The molecule has 0 fully saturated rings. The van der Waals surface area contributed by atoms with Gasteiger partial charge in [-0.3, -0.25) is 0 Å². The summed E-state index contributed by atoms with van der Waals surface area (Å²) in [4.78, 5) is 0.165. The molecule has 0 aromatic heterocycles. The highest BCUT2D eigenvalue weighted by molar-refractivity contribution is 7.89. The third-order valence-electron chi connectivity index (χ3n) is 2.45. The second kappa shape index (κ2) is 5.90. The van der Waals surface area contributed by atoms with Crippen molar-refractivity contribution in [3.63, 3.8) is 0 Å². The second-order valence-corrected chi connectivity index (χ2v) is 6.76. The lowest BCUT2D eigenvalue weighted by atomic mass is 10.1. The number of benzene rings is 1. The monoisotopic (exact) mass is 287 g/mol. The minimum atomic E-state index is -3.61. The molecule has 0 radical (unpaired) electrons. The summed E-state index contributed by atoms with van der Waals surface area (Å²) in [7, 11) is -3.61. The van der Waals surface area contributed by atoms with Crippen molar-refractivity contribution in [1.82, 2.24) is 4.72 Å². The average molecular weight is 287 g/mol. The van der Waals surface area contributed by atoms with Gasteiger partial charge in [0.05, 0.1) is 17.1 Å². The third-order valence-corrected chi connectivity index (χ3v) is 3.85. The Morgan fingerprint density at radius 1 is 1.37 bits per heavy atom. The zero-order valence-electron chi connectivity index (χ0n) is 11.7. The Hall–Kier alpha value is -1.11. The first-order valence-electron chi connectivity index (χ1n) is 6.11. The van der Waals surface area contributed by atoms with Gasteiger partial charge in [-0.15, -0.1) is 0 Å². The Bertz CT molecular complexity index is 532. The topological polar surface area (TPSA) is 75.6 Å². The van der Waals surface area contributed by atoms with Crippen LogP contribution in [-0.2, 0) is 10.0 Å². The van der Waals surface area contributed by atoms with E-state index in [0.29, 0.717) is 12.4 Å². The van der Waals surface area contributed by atoms with Gasteiger partial charge in [-0.25, -0.2) is 13.1 Å². The van der Waals surface area contributed by atoms with E-state index in [0.717, 1.165) is 5.56 Å². The van der Waals surface area contributed by atoms with Crippen molar-refractivity contribution < 1.29 is 18.3 Å². The Balaban J connectivity index is 2.93. The molecule has 1 aromatic rings. The lowest BCUT2D eigenvalue weighted by Gasteiger charge is -2.18. The number of aryl methyl sites for hydroxylation is 1. The largest absolute Gasteiger partial charge is 0.494 e. The molecule has 0 heterocycles. The van der Waals surface area contributed by atoms with Crippen molar-refractivity contribution in [2.24, 2.45) is 0 Å². The van der Waals surface area contributed by atoms with E-state index in [2.05, 4.69) is 4.72 Å². The predicted octanol–water partition coefficient (Wildman–Crippen LogP) is 1.44. The molecule has 0 aliphatic carbocycles. The molecule has 0 amide bonds. The first-order chi connectivity index (χ1) is 8.65. The van der Waals surface area contributed by atoms with Crippen LogP contribution in [0.25, 0.3) is 0 Å². The summed E-state index contributed by atoms with van der Waals surface area (Å²) in [6.45, 7) is 7.23. The molecule has 0 spiro atoms. The average Bonchev–Trinajstić information content (AvgIpc) is 2.29. The second-order valence-electron chi connectivity index (χ2n) is 5.00. The zero-order valence-corrected chi connectivity index (χ0v) is 12.5. The number of nitrogens with one attached hydrogen (secondary N) is 1. The Morgan fingerprint density at radius 3 is 2.47 bits per heavy atom. The highest BCUT2D eigenvalue weighted by atomic mass is 32.2. The van der Waals surface area contributed by atoms with E-state index in [1.165, 1.54) is 6.07 Å². The van der Waals surface area contributed by atoms with Gasteiger partial charge in [-0.1, -0.05) is 0 Å². The summed E-state index contributed by atoms with van der Waals surface area (Å²) in [6.07, 6.45) is 0. The Labute approximate surface area is 114 Å². The third kappa shape index (κ3) is 4.81. The van der Waals surface area contributed by atoms with E-state index in [9.17, 15) is 13.5 Å². The zero-order chi connectivity index (χ0) is 14.7. The molecule has 6 heteroatoms. The van der Waals surface area contributed by atoms with Gasteiger partial charge in [0.2, 0.25) is 10.0 Å². The summed E-state index contributed by atoms with van der Waals surface area (Å²) < 4.78 is 31.8. The van der Waals surface area contributed by atoms with E-state index in [1.54, 1.807) is 32.9 Å². The summed E-state index contributed by atoms with van der Waals surface area (Å²) in [6, 6.07) is 4.68. The molecule has 5 nitrogen and oxygen atoms in total. The highest BCUT2D eigenvalue weighted by Crippen LogP contribution is 2.21. The summed E-state index contributed by atoms with van der Waals surface area (Å²) >= 11 is 0. The normalized spacial score (nSPS) is 12.5. The maximum atomic E-state index is 12.0. The molecule has 0 saturated carbocycles. The SMILES string of the molecule is CCOc1ccc(S(=O)(=O)NCC(C)(C)O)cc1C. The van der Waals surface area contributed by atoms with Crippen molar-refractivity contribution in [3.8, 4) is 5.75 Å². The Morgan fingerprint density at radius 2 is 2.00 bits per heavy atom. The van der Waals surface area contributed by atoms with Crippen LogP contribution in [0.1, 0.15) is 26.3 Å². The van der Waals surface area contributed by atoms with Crippen LogP contribution in [0.2, 0.25) is 0 Å². The molecule has 19 heavy (non-hydrogen) atoms. The molecule has 1 rings (SSSR count). The fourth-order valence-electron chi connectivity index (χ4n) is 1.46. The first-order valence-corrected chi connectivity index (χ1v) is 7.59.